The molecule has 0 spiro atoms. The predicted molar refractivity (Wildman–Crippen MR) is 72.8 cm³/mol. The van der Waals surface area contributed by atoms with Gasteiger partial charge in [-0.05, 0) is 56.5 Å². The van der Waals surface area contributed by atoms with Gasteiger partial charge in [-0.25, -0.2) is 0 Å². The highest BCUT2D eigenvalue weighted by Crippen LogP contribution is 2.35. The maximum atomic E-state index is 5.51. The maximum Gasteiger partial charge on any atom is 0.0599 e. The van der Waals surface area contributed by atoms with Crippen LogP contribution in [0.4, 0.5) is 0 Å². The monoisotopic (exact) mass is 234 g/mol. The van der Waals surface area contributed by atoms with E-state index in [1.165, 1.54) is 58.3 Å². The topological polar surface area (TPSA) is 15.3 Å². The molecule has 1 saturated heterocycles. The molecule has 2 fully saturated rings. The van der Waals surface area contributed by atoms with Crippen molar-refractivity contribution in [1.82, 2.24) is 10.2 Å². The Morgan fingerprint density at radius 1 is 1.35 bits per heavy atom. The molecule has 0 radical (unpaired) electrons. The normalized spacial score (nSPS) is 23.6. The SMILES string of the molecule is C#CCN(CC1CC1)CC1(CC)CCNCC1. The van der Waals surface area contributed by atoms with Crippen molar-refractivity contribution in [2.45, 2.75) is 39.0 Å². The van der Waals surface area contributed by atoms with Crippen molar-refractivity contribution in [3.05, 3.63) is 0 Å². The van der Waals surface area contributed by atoms with E-state index < -0.39 is 0 Å². The summed E-state index contributed by atoms with van der Waals surface area (Å²) in [4.78, 5) is 2.53. The zero-order valence-electron chi connectivity index (χ0n) is 11.2. The fourth-order valence-corrected chi connectivity index (χ4v) is 3.03. The second-order valence-electron chi connectivity index (χ2n) is 5.92. The van der Waals surface area contributed by atoms with Crippen molar-refractivity contribution >= 4 is 0 Å². The van der Waals surface area contributed by atoms with Crippen molar-refractivity contribution < 1.29 is 0 Å². The highest BCUT2D eigenvalue weighted by Gasteiger charge is 2.33. The minimum absolute atomic E-state index is 0.525. The summed E-state index contributed by atoms with van der Waals surface area (Å²) in [7, 11) is 0. The van der Waals surface area contributed by atoms with E-state index in [0.717, 1.165) is 12.5 Å². The first kappa shape index (κ1) is 12.9. The van der Waals surface area contributed by atoms with Crippen molar-refractivity contribution in [3.8, 4) is 12.3 Å². The molecule has 0 bridgehead atoms. The number of terminal acetylenes is 1. The van der Waals surface area contributed by atoms with Crippen LogP contribution in [0.2, 0.25) is 0 Å². The summed E-state index contributed by atoms with van der Waals surface area (Å²) in [6.07, 6.45) is 12.3. The first-order valence-corrected chi connectivity index (χ1v) is 7.14. The second-order valence-corrected chi connectivity index (χ2v) is 5.92. The number of hydrogen-bond acceptors (Lipinski definition) is 2. The number of nitrogens with zero attached hydrogens (tertiary/aromatic N) is 1. The molecule has 0 aromatic heterocycles. The Kier molecular flexibility index (Phi) is 4.48. The zero-order chi connectivity index (χ0) is 12.1. The summed E-state index contributed by atoms with van der Waals surface area (Å²) in [6, 6.07) is 0. The van der Waals surface area contributed by atoms with Gasteiger partial charge in [-0.1, -0.05) is 12.8 Å². The van der Waals surface area contributed by atoms with E-state index >= 15 is 0 Å². The van der Waals surface area contributed by atoms with E-state index in [9.17, 15) is 0 Å². The lowest BCUT2D eigenvalue weighted by atomic mass is 9.76. The van der Waals surface area contributed by atoms with Crippen LogP contribution in [0.5, 0.6) is 0 Å². The van der Waals surface area contributed by atoms with Gasteiger partial charge in [0.15, 0.2) is 0 Å². The Bertz CT molecular complexity index is 269. The second kappa shape index (κ2) is 5.89. The molecule has 0 amide bonds. The van der Waals surface area contributed by atoms with Crippen LogP contribution in [-0.4, -0.2) is 37.6 Å². The Labute approximate surface area is 106 Å². The minimum Gasteiger partial charge on any atom is -0.317 e. The van der Waals surface area contributed by atoms with Crippen LogP contribution in [0.1, 0.15) is 39.0 Å². The molecule has 1 aliphatic heterocycles. The van der Waals surface area contributed by atoms with Gasteiger partial charge in [-0.15, -0.1) is 6.42 Å². The third-order valence-electron chi connectivity index (χ3n) is 4.50. The van der Waals surface area contributed by atoms with Crippen molar-refractivity contribution in [2.75, 3.05) is 32.7 Å². The van der Waals surface area contributed by atoms with Gasteiger partial charge in [0.2, 0.25) is 0 Å². The summed E-state index contributed by atoms with van der Waals surface area (Å²) < 4.78 is 0. The van der Waals surface area contributed by atoms with Crippen LogP contribution in [0, 0.1) is 23.7 Å². The van der Waals surface area contributed by atoms with Crippen LogP contribution in [0.15, 0.2) is 0 Å². The number of hydrogen-bond donors (Lipinski definition) is 1. The Morgan fingerprint density at radius 3 is 2.59 bits per heavy atom. The summed E-state index contributed by atoms with van der Waals surface area (Å²) in [6.45, 7) is 8.00. The lowest BCUT2D eigenvalue weighted by Crippen LogP contribution is -2.45. The summed E-state index contributed by atoms with van der Waals surface area (Å²) >= 11 is 0. The van der Waals surface area contributed by atoms with Crippen LogP contribution in [-0.2, 0) is 0 Å². The fraction of sp³-hybridized carbons (Fsp3) is 0.867. The molecular weight excluding hydrogens is 208 g/mol. The van der Waals surface area contributed by atoms with Crippen LogP contribution < -0.4 is 5.32 Å². The van der Waals surface area contributed by atoms with Gasteiger partial charge in [0.05, 0.1) is 6.54 Å². The van der Waals surface area contributed by atoms with Gasteiger partial charge >= 0.3 is 0 Å². The van der Waals surface area contributed by atoms with E-state index in [2.05, 4.69) is 23.1 Å². The minimum atomic E-state index is 0.525. The largest absolute Gasteiger partial charge is 0.317 e. The number of nitrogens with one attached hydrogen (secondary N) is 1. The molecule has 0 aromatic carbocycles. The van der Waals surface area contributed by atoms with Crippen molar-refractivity contribution in [3.63, 3.8) is 0 Å². The Balaban J connectivity index is 1.90. The van der Waals surface area contributed by atoms with Gasteiger partial charge in [-0.3, -0.25) is 4.90 Å². The molecule has 1 N–H and O–H groups in total. The number of piperidine rings is 1. The van der Waals surface area contributed by atoms with Crippen LogP contribution >= 0.6 is 0 Å². The predicted octanol–water partition coefficient (Wildman–Crippen LogP) is 2.11. The molecule has 17 heavy (non-hydrogen) atoms. The molecule has 2 rings (SSSR count). The third kappa shape index (κ3) is 3.72. The Hall–Kier alpha value is -0.520. The fourth-order valence-electron chi connectivity index (χ4n) is 3.03. The van der Waals surface area contributed by atoms with Gasteiger partial charge in [0.25, 0.3) is 0 Å². The molecule has 1 saturated carbocycles. The maximum absolute atomic E-state index is 5.51. The summed E-state index contributed by atoms with van der Waals surface area (Å²) in [5, 5.41) is 3.47. The number of rotatable bonds is 6. The van der Waals surface area contributed by atoms with Gasteiger partial charge < -0.3 is 5.32 Å². The summed E-state index contributed by atoms with van der Waals surface area (Å²) in [5.41, 5.74) is 0.525. The van der Waals surface area contributed by atoms with Crippen molar-refractivity contribution in [1.29, 1.82) is 0 Å². The van der Waals surface area contributed by atoms with E-state index in [4.69, 9.17) is 6.42 Å². The van der Waals surface area contributed by atoms with E-state index in [0.29, 0.717) is 5.41 Å². The first-order valence-electron chi connectivity index (χ1n) is 7.14. The smallest absolute Gasteiger partial charge is 0.0599 e. The average Bonchev–Trinajstić information content (AvgIpc) is 3.14. The molecule has 0 atom stereocenters. The van der Waals surface area contributed by atoms with Crippen LogP contribution in [0.3, 0.4) is 0 Å². The molecule has 2 heteroatoms. The average molecular weight is 234 g/mol. The first-order chi connectivity index (χ1) is 8.28. The third-order valence-corrected chi connectivity index (χ3v) is 4.50. The summed E-state index contributed by atoms with van der Waals surface area (Å²) in [5.74, 6) is 3.79. The Morgan fingerprint density at radius 2 is 2.06 bits per heavy atom. The van der Waals surface area contributed by atoms with Gasteiger partial charge in [0.1, 0.15) is 0 Å². The molecule has 2 nitrogen and oxygen atoms in total. The quantitative estimate of drug-likeness (QED) is 0.708. The lowest BCUT2D eigenvalue weighted by molar-refractivity contribution is 0.112. The van der Waals surface area contributed by atoms with Gasteiger partial charge in [0, 0.05) is 13.1 Å². The van der Waals surface area contributed by atoms with E-state index in [1.54, 1.807) is 0 Å². The van der Waals surface area contributed by atoms with Crippen LogP contribution in [0.25, 0.3) is 0 Å². The van der Waals surface area contributed by atoms with Gasteiger partial charge in [-0.2, -0.15) is 0 Å². The highest BCUT2D eigenvalue weighted by atomic mass is 15.1. The molecule has 2 aliphatic rings. The lowest BCUT2D eigenvalue weighted by Gasteiger charge is -2.40. The molecular formula is C15H26N2. The van der Waals surface area contributed by atoms with E-state index in [-0.39, 0.29) is 0 Å². The zero-order valence-corrected chi connectivity index (χ0v) is 11.2. The van der Waals surface area contributed by atoms with E-state index in [1.807, 2.05) is 0 Å². The highest BCUT2D eigenvalue weighted by molar-refractivity contribution is 4.94. The molecule has 1 aliphatic carbocycles. The molecule has 0 aromatic rings. The molecule has 0 unspecified atom stereocenters. The molecule has 96 valence electrons. The standard InChI is InChI=1S/C15H26N2/c1-3-11-17(12-14-5-6-14)13-15(4-2)7-9-16-10-8-15/h1,14,16H,4-13H2,2H3. The molecule has 1 heterocycles. The van der Waals surface area contributed by atoms with Crippen molar-refractivity contribution in [2.24, 2.45) is 11.3 Å².